The van der Waals surface area contributed by atoms with Gasteiger partial charge in [-0.25, -0.2) is 4.79 Å². The van der Waals surface area contributed by atoms with Crippen molar-refractivity contribution in [3.05, 3.63) is 29.3 Å². The maximum Gasteiger partial charge on any atom is 0.338 e. The van der Waals surface area contributed by atoms with Crippen LogP contribution in [0.4, 0.5) is 5.69 Å². The van der Waals surface area contributed by atoms with E-state index in [2.05, 4.69) is 0 Å². The summed E-state index contributed by atoms with van der Waals surface area (Å²) in [4.78, 5) is 11.6. The number of benzene rings is 1. The van der Waals surface area contributed by atoms with Crippen molar-refractivity contribution in [2.24, 2.45) is 0 Å². The molecule has 0 aromatic heterocycles. The number of ether oxygens (including phenoxy) is 2. The van der Waals surface area contributed by atoms with E-state index >= 15 is 0 Å². The third-order valence-corrected chi connectivity index (χ3v) is 2.32. The molecule has 0 bridgehead atoms. The number of rotatable bonds is 6. The van der Waals surface area contributed by atoms with E-state index in [9.17, 15) is 4.79 Å². The molecule has 0 spiro atoms. The first-order valence-corrected chi connectivity index (χ1v) is 5.76. The first kappa shape index (κ1) is 13.5. The fourth-order valence-corrected chi connectivity index (χ4v) is 1.29. The average molecular weight is 237 g/mol. The van der Waals surface area contributed by atoms with Crippen molar-refractivity contribution in [1.82, 2.24) is 0 Å². The Kier molecular flexibility index (Phi) is 5.49. The Labute approximate surface area is 102 Å². The molecule has 0 amide bonds. The molecule has 0 radical (unpaired) electrons. The minimum Gasteiger partial charge on any atom is -0.460 e. The number of esters is 1. The van der Waals surface area contributed by atoms with Gasteiger partial charge in [-0.1, -0.05) is 13.0 Å². The lowest BCUT2D eigenvalue weighted by Crippen LogP contribution is -2.11. The molecule has 1 aromatic rings. The Morgan fingerprint density at radius 2 is 2.06 bits per heavy atom. The van der Waals surface area contributed by atoms with Crippen molar-refractivity contribution in [2.75, 3.05) is 25.6 Å². The van der Waals surface area contributed by atoms with Gasteiger partial charge in [0.1, 0.15) is 6.61 Å². The van der Waals surface area contributed by atoms with Crippen molar-refractivity contribution >= 4 is 11.7 Å². The summed E-state index contributed by atoms with van der Waals surface area (Å²) in [7, 11) is 0. The number of carbonyl (C=O) groups excluding carboxylic acids is 1. The Morgan fingerprint density at radius 1 is 1.29 bits per heavy atom. The van der Waals surface area contributed by atoms with Gasteiger partial charge in [-0.3, -0.25) is 0 Å². The van der Waals surface area contributed by atoms with Gasteiger partial charge in [0.2, 0.25) is 0 Å². The highest BCUT2D eigenvalue weighted by molar-refractivity contribution is 5.90. The number of hydrogen-bond donors (Lipinski definition) is 1. The summed E-state index contributed by atoms with van der Waals surface area (Å²) in [6, 6.07) is 5.14. The third-order valence-electron chi connectivity index (χ3n) is 2.32. The number of carbonyl (C=O) groups is 1. The van der Waals surface area contributed by atoms with Gasteiger partial charge in [-0.05, 0) is 31.0 Å². The van der Waals surface area contributed by atoms with Crippen LogP contribution >= 0.6 is 0 Å². The number of nitrogens with two attached hydrogens (primary N) is 1. The van der Waals surface area contributed by atoms with E-state index in [1.807, 2.05) is 13.8 Å². The predicted molar refractivity (Wildman–Crippen MR) is 67.0 cm³/mol. The minimum atomic E-state index is -0.364. The van der Waals surface area contributed by atoms with Gasteiger partial charge in [-0.15, -0.1) is 0 Å². The van der Waals surface area contributed by atoms with Crippen LogP contribution in [0.15, 0.2) is 18.2 Å². The molecular formula is C13H19NO3. The van der Waals surface area contributed by atoms with Gasteiger partial charge in [0, 0.05) is 12.3 Å². The number of anilines is 1. The van der Waals surface area contributed by atoms with Crippen molar-refractivity contribution in [1.29, 1.82) is 0 Å². The maximum absolute atomic E-state index is 11.6. The standard InChI is InChI=1S/C13H19NO3/c1-3-6-16-7-8-17-13(15)11-5-4-10(2)12(14)9-11/h4-5,9H,3,6-8,14H2,1-2H3. The lowest BCUT2D eigenvalue weighted by Gasteiger charge is -2.07. The van der Waals surface area contributed by atoms with Crippen LogP contribution in [0, 0.1) is 6.92 Å². The molecule has 1 aromatic carbocycles. The number of hydrogen-bond acceptors (Lipinski definition) is 4. The molecule has 0 aliphatic carbocycles. The maximum atomic E-state index is 11.6. The summed E-state index contributed by atoms with van der Waals surface area (Å²) in [6.45, 7) is 5.31. The zero-order valence-corrected chi connectivity index (χ0v) is 10.4. The van der Waals surface area contributed by atoms with Crippen LogP contribution in [0.1, 0.15) is 29.3 Å². The van der Waals surface area contributed by atoms with Crippen LogP contribution in [0.5, 0.6) is 0 Å². The average Bonchev–Trinajstić information content (AvgIpc) is 2.32. The molecule has 0 heterocycles. The van der Waals surface area contributed by atoms with Crippen molar-refractivity contribution in [3.63, 3.8) is 0 Å². The highest BCUT2D eigenvalue weighted by Crippen LogP contribution is 2.13. The lowest BCUT2D eigenvalue weighted by atomic mass is 10.1. The van der Waals surface area contributed by atoms with Crippen LogP contribution in [0.25, 0.3) is 0 Å². The summed E-state index contributed by atoms with van der Waals surface area (Å²) < 4.78 is 10.3. The lowest BCUT2D eigenvalue weighted by molar-refractivity contribution is 0.0318. The van der Waals surface area contributed by atoms with Crippen LogP contribution < -0.4 is 5.73 Å². The second-order valence-electron chi connectivity index (χ2n) is 3.82. The third kappa shape index (κ3) is 4.44. The largest absolute Gasteiger partial charge is 0.460 e. The van der Waals surface area contributed by atoms with Crippen molar-refractivity contribution in [3.8, 4) is 0 Å². The second kappa shape index (κ2) is 6.91. The molecule has 0 saturated heterocycles. The van der Waals surface area contributed by atoms with E-state index in [0.29, 0.717) is 24.5 Å². The second-order valence-corrected chi connectivity index (χ2v) is 3.82. The summed E-state index contributed by atoms with van der Waals surface area (Å²) in [6.07, 6.45) is 0.961. The summed E-state index contributed by atoms with van der Waals surface area (Å²) >= 11 is 0. The highest BCUT2D eigenvalue weighted by Gasteiger charge is 2.07. The molecule has 4 nitrogen and oxygen atoms in total. The minimum absolute atomic E-state index is 0.270. The van der Waals surface area contributed by atoms with E-state index in [0.717, 1.165) is 12.0 Å². The van der Waals surface area contributed by atoms with E-state index < -0.39 is 0 Å². The molecule has 0 fully saturated rings. The Hall–Kier alpha value is -1.55. The van der Waals surface area contributed by atoms with Crippen LogP contribution in [-0.4, -0.2) is 25.8 Å². The van der Waals surface area contributed by atoms with Crippen molar-refractivity contribution in [2.45, 2.75) is 20.3 Å². The first-order valence-electron chi connectivity index (χ1n) is 5.76. The first-order chi connectivity index (χ1) is 8.15. The molecule has 94 valence electrons. The molecular weight excluding hydrogens is 218 g/mol. The summed E-state index contributed by atoms with van der Waals surface area (Å²) in [5.41, 5.74) is 7.75. The van der Waals surface area contributed by atoms with Gasteiger partial charge in [0.15, 0.2) is 0 Å². The van der Waals surface area contributed by atoms with Crippen LogP contribution in [0.3, 0.4) is 0 Å². The summed E-state index contributed by atoms with van der Waals surface area (Å²) in [5, 5.41) is 0. The van der Waals surface area contributed by atoms with E-state index in [4.69, 9.17) is 15.2 Å². The molecule has 17 heavy (non-hydrogen) atoms. The molecule has 4 heteroatoms. The quantitative estimate of drug-likeness (QED) is 0.468. The molecule has 0 unspecified atom stereocenters. The van der Waals surface area contributed by atoms with Crippen LogP contribution in [0.2, 0.25) is 0 Å². The van der Waals surface area contributed by atoms with Gasteiger partial charge in [0.25, 0.3) is 0 Å². The Bertz CT molecular complexity index is 377. The van der Waals surface area contributed by atoms with Gasteiger partial charge < -0.3 is 15.2 Å². The van der Waals surface area contributed by atoms with Gasteiger partial charge in [-0.2, -0.15) is 0 Å². The summed E-state index contributed by atoms with van der Waals surface area (Å²) in [5.74, 6) is -0.364. The topological polar surface area (TPSA) is 61.5 Å². The Morgan fingerprint density at radius 3 is 2.71 bits per heavy atom. The molecule has 0 saturated carbocycles. The molecule has 1 rings (SSSR count). The zero-order chi connectivity index (χ0) is 12.7. The van der Waals surface area contributed by atoms with Gasteiger partial charge in [0.05, 0.1) is 12.2 Å². The molecule has 0 aliphatic heterocycles. The zero-order valence-electron chi connectivity index (χ0n) is 10.4. The van der Waals surface area contributed by atoms with Crippen LogP contribution in [-0.2, 0) is 9.47 Å². The fraction of sp³-hybridized carbons (Fsp3) is 0.462. The number of aryl methyl sites for hydroxylation is 1. The van der Waals surface area contributed by atoms with E-state index in [1.54, 1.807) is 18.2 Å². The normalized spacial score (nSPS) is 10.2. The van der Waals surface area contributed by atoms with E-state index in [-0.39, 0.29) is 12.6 Å². The fourth-order valence-electron chi connectivity index (χ4n) is 1.29. The molecule has 0 aliphatic rings. The highest BCUT2D eigenvalue weighted by atomic mass is 16.6. The van der Waals surface area contributed by atoms with Gasteiger partial charge >= 0.3 is 5.97 Å². The molecule has 0 atom stereocenters. The van der Waals surface area contributed by atoms with Crippen molar-refractivity contribution < 1.29 is 14.3 Å². The molecule has 2 N–H and O–H groups in total. The predicted octanol–water partition coefficient (Wildman–Crippen LogP) is 2.16. The smallest absolute Gasteiger partial charge is 0.338 e. The Balaban J connectivity index is 2.39. The number of nitrogen functional groups attached to an aromatic ring is 1. The SMILES string of the molecule is CCCOCCOC(=O)c1ccc(C)c(N)c1. The monoisotopic (exact) mass is 237 g/mol. The van der Waals surface area contributed by atoms with E-state index in [1.165, 1.54) is 0 Å².